The van der Waals surface area contributed by atoms with Crippen LogP contribution in [0.3, 0.4) is 0 Å². The summed E-state index contributed by atoms with van der Waals surface area (Å²) in [4.78, 5) is 24.5. The summed E-state index contributed by atoms with van der Waals surface area (Å²) < 4.78 is 74.0. The van der Waals surface area contributed by atoms with Gasteiger partial charge in [-0.05, 0) is 43.0 Å². The van der Waals surface area contributed by atoms with Gasteiger partial charge in [0.2, 0.25) is 5.95 Å². The molecule has 10 nitrogen and oxygen atoms in total. The minimum Gasteiger partial charge on any atom is -0.396 e. The van der Waals surface area contributed by atoms with E-state index in [4.69, 9.17) is 18.7 Å². The van der Waals surface area contributed by atoms with Crippen LogP contribution >= 0.6 is 0 Å². The number of aryl methyl sites for hydroxylation is 3. The van der Waals surface area contributed by atoms with Crippen LogP contribution in [0.1, 0.15) is 58.9 Å². The molecule has 0 radical (unpaired) electrons. The molecule has 254 valence electrons. The number of fused-ring (bicyclic) bond motifs is 2. The van der Waals surface area contributed by atoms with Gasteiger partial charge >= 0.3 is 12.0 Å². The molecule has 0 unspecified atom stereocenters. The second-order valence-electron chi connectivity index (χ2n) is 11.8. The molecule has 4 aromatic heterocycles. The van der Waals surface area contributed by atoms with Crippen molar-refractivity contribution in [3.8, 4) is 16.9 Å². The lowest BCUT2D eigenvalue weighted by atomic mass is 9.95. The van der Waals surface area contributed by atoms with Gasteiger partial charge in [0.1, 0.15) is 18.2 Å². The Morgan fingerprint density at radius 3 is 2.41 bits per heavy atom. The van der Waals surface area contributed by atoms with E-state index in [0.717, 1.165) is 40.5 Å². The van der Waals surface area contributed by atoms with Gasteiger partial charge in [0.05, 0.1) is 34.8 Å². The largest absolute Gasteiger partial charge is 0.519 e. The predicted octanol–water partition coefficient (Wildman–Crippen LogP) is 7.23. The Morgan fingerprint density at radius 1 is 1.02 bits per heavy atom. The summed E-state index contributed by atoms with van der Waals surface area (Å²) in [7, 11) is 0. The average molecular weight is 677 g/mol. The first kappa shape index (κ1) is 32.3. The first-order valence-corrected chi connectivity index (χ1v) is 15.9. The number of hydrogen-bond donors (Lipinski definition) is 1. The third-order valence-corrected chi connectivity index (χ3v) is 8.90. The molecule has 5 heterocycles. The molecule has 0 amide bonds. The lowest BCUT2D eigenvalue weighted by Gasteiger charge is -2.27. The number of nitrogens with one attached hydrogen (secondary N) is 1. The number of anilines is 1. The van der Waals surface area contributed by atoms with E-state index in [9.17, 15) is 18.0 Å². The molecule has 0 saturated heterocycles. The van der Waals surface area contributed by atoms with Crippen LogP contribution in [0, 0.1) is 12.7 Å². The van der Waals surface area contributed by atoms with Crippen molar-refractivity contribution in [1.82, 2.24) is 24.7 Å². The topological polar surface area (TPSA) is 115 Å². The van der Waals surface area contributed by atoms with Crippen LogP contribution in [0.2, 0.25) is 0 Å². The average Bonchev–Trinajstić information content (AvgIpc) is 3.80. The van der Waals surface area contributed by atoms with Crippen LogP contribution in [0.25, 0.3) is 27.8 Å². The molecule has 6 aromatic rings. The van der Waals surface area contributed by atoms with Crippen LogP contribution in [0.4, 0.5) is 23.5 Å². The van der Waals surface area contributed by atoms with Gasteiger partial charge in [0, 0.05) is 60.2 Å². The van der Waals surface area contributed by atoms with Crippen molar-refractivity contribution in [2.45, 2.75) is 66.0 Å². The third-order valence-electron chi connectivity index (χ3n) is 8.90. The van der Waals surface area contributed by atoms with Crippen LogP contribution < -0.4 is 10.7 Å². The molecule has 7 rings (SSSR count). The quantitative estimate of drug-likeness (QED) is 0.160. The van der Waals surface area contributed by atoms with Crippen LogP contribution in [0.5, 0.6) is 0 Å². The summed E-state index contributed by atoms with van der Waals surface area (Å²) in [6.45, 7) is 6.30. The zero-order valence-electron chi connectivity index (χ0n) is 26.9. The van der Waals surface area contributed by atoms with Crippen molar-refractivity contribution >= 4 is 16.9 Å². The van der Waals surface area contributed by atoms with E-state index in [-0.39, 0.29) is 31.5 Å². The van der Waals surface area contributed by atoms with Gasteiger partial charge in [-0.25, -0.2) is 23.8 Å². The Kier molecular flexibility index (Phi) is 8.35. The van der Waals surface area contributed by atoms with Crippen molar-refractivity contribution < 1.29 is 31.1 Å². The van der Waals surface area contributed by atoms with Gasteiger partial charge in [0.25, 0.3) is 0 Å². The van der Waals surface area contributed by atoms with E-state index in [1.165, 1.54) is 6.07 Å². The standard InChI is InChI=1S/C35H32F4N6O4/c1-4-20-7-6-8-21(5-2)31(20)45-32(25-16-44(12-10-27(25)43-45)33-41-14-23(15-42-33)35(37,38)39)29-24-9-11-40-30(24)22(13-26(29)36)17-47-18-28-19(3)48-34(46)49-28/h6-9,11,13-15,40H,4-5,10,12,16-18H2,1-3H3. The number of halogens is 4. The Morgan fingerprint density at radius 2 is 1.76 bits per heavy atom. The molecule has 0 aliphatic carbocycles. The molecular formula is C35H32F4N6O4. The predicted molar refractivity (Wildman–Crippen MR) is 172 cm³/mol. The molecule has 0 spiro atoms. The number of rotatable bonds is 9. The van der Waals surface area contributed by atoms with Crippen molar-refractivity contribution in [2.75, 3.05) is 11.4 Å². The van der Waals surface area contributed by atoms with Gasteiger partial charge in [0.15, 0.2) is 5.76 Å². The number of aromatic amines is 1. The summed E-state index contributed by atoms with van der Waals surface area (Å²) in [5, 5.41) is 5.69. The molecule has 1 aliphatic heterocycles. The Hall–Kier alpha value is -5.24. The SMILES string of the molecule is CCc1cccc(CC)c1-n1nc2c(c1-c1c(F)cc(COCc3oc(=O)oc3C)c3[nH]ccc13)CN(c1ncc(C(F)(F)F)cn1)CC2. The van der Waals surface area contributed by atoms with Gasteiger partial charge in [-0.2, -0.15) is 18.3 Å². The Balaban J connectivity index is 1.35. The summed E-state index contributed by atoms with van der Waals surface area (Å²) in [6.07, 6.45) is 0.597. The fraction of sp³-hybridized carbons (Fsp3) is 0.314. The number of nitrogens with zero attached hydrogens (tertiary/aromatic N) is 5. The van der Waals surface area contributed by atoms with E-state index < -0.39 is 23.4 Å². The molecule has 0 bridgehead atoms. The van der Waals surface area contributed by atoms with E-state index in [0.29, 0.717) is 59.3 Å². The van der Waals surface area contributed by atoms with Crippen molar-refractivity contribution in [3.63, 3.8) is 0 Å². The lowest BCUT2D eigenvalue weighted by molar-refractivity contribution is -0.138. The van der Waals surface area contributed by atoms with E-state index in [1.807, 2.05) is 22.9 Å². The minimum atomic E-state index is -4.56. The third kappa shape index (κ3) is 5.90. The van der Waals surface area contributed by atoms with E-state index in [1.54, 1.807) is 24.1 Å². The molecule has 14 heteroatoms. The van der Waals surface area contributed by atoms with Gasteiger partial charge in [-0.1, -0.05) is 32.0 Å². The van der Waals surface area contributed by atoms with E-state index in [2.05, 4.69) is 28.8 Å². The molecule has 2 aromatic carbocycles. The molecular weight excluding hydrogens is 644 g/mol. The first-order chi connectivity index (χ1) is 23.6. The molecule has 0 atom stereocenters. The van der Waals surface area contributed by atoms with Gasteiger partial charge < -0.3 is 23.5 Å². The summed E-state index contributed by atoms with van der Waals surface area (Å²) in [5.41, 5.74) is 5.60. The summed E-state index contributed by atoms with van der Waals surface area (Å²) >= 11 is 0. The lowest BCUT2D eigenvalue weighted by Crippen LogP contribution is -2.31. The first-order valence-electron chi connectivity index (χ1n) is 15.9. The van der Waals surface area contributed by atoms with Crippen molar-refractivity contribution in [2.24, 2.45) is 0 Å². The van der Waals surface area contributed by atoms with E-state index >= 15 is 4.39 Å². The normalized spacial score (nSPS) is 13.4. The zero-order valence-corrected chi connectivity index (χ0v) is 26.9. The monoisotopic (exact) mass is 676 g/mol. The van der Waals surface area contributed by atoms with Gasteiger partial charge in [-0.15, -0.1) is 0 Å². The number of benzene rings is 2. The minimum absolute atomic E-state index is 0.0115. The molecule has 1 N–H and O–H groups in total. The van der Waals surface area contributed by atoms with Crippen molar-refractivity contribution in [1.29, 1.82) is 0 Å². The molecule has 1 aliphatic rings. The zero-order chi connectivity index (χ0) is 34.4. The molecule has 0 fully saturated rings. The van der Waals surface area contributed by atoms with Crippen LogP contribution in [-0.2, 0) is 49.9 Å². The van der Waals surface area contributed by atoms with Gasteiger partial charge in [-0.3, -0.25) is 0 Å². The number of H-pyrrole nitrogens is 1. The Bertz CT molecular complexity index is 2190. The summed E-state index contributed by atoms with van der Waals surface area (Å²) in [5.74, 6) is -0.621. The summed E-state index contributed by atoms with van der Waals surface area (Å²) in [6, 6.07) is 9.29. The second-order valence-corrected chi connectivity index (χ2v) is 11.8. The highest BCUT2D eigenvalue weighted by Crippen LogP contribution is 2.41. The second kappa shape index (κ2) is 12.7. The number of para-hydroxylation sites is 1. The molecule has 0 saturated carbocycles. The van der Waals surface area contributed by atoms with Crippen LogP contribution in [0.15, 0.2) is 62.6 Å². The smallest absolute Gasteiger partial charge is 0.396 e. The number of ether oxygens (including phenoxy) is 1. The fourth-order valence-corrected chi connectivity index (χ4v) is 6.46. The molecule has 49 heavy (non-hydrogen) atoms. The highest BCUT2D eigenvalue weighted by molar-refractivity contribution is 5.97. The highest BCUT2D eigenvalue weighted by Gasteiger charge is 2.34. The fourth-order valence-electron chi connectivity index (χ4n) is 6.46. The highest BCUT2D eigenvalue weighted by atomic mass is 19.4. The number of hydrogen-bond acceptors (Lipinski definition) is 8. The van der Waals surface area contributed by atoms with Crippen molar-refractivity contribution in [3.05, 3.63) is 110 Å². The maximum Gasteiger partial charge on any atom is 0.519 e. The number of aromatic nitrogens is 5. The number of alkyl halides is 3. The van der Waals surface area contributed by atoms with Crippen LogP contribution in [-0.4, -0.2) is 31.3 Å². The maximum absolute atomic E-state index is 16.7. The maximum atomic E-state index is 16.7. The Labute approximate surface area is 277 Å².